The van der Waals surface area contributed by atoms with E-state index in [2.05, 4.69) is 33.0 Å². The molecule has 6 fully saturated rings. The minimum Gasteiger partial charge on any atom is -0.387 e. The molecule has 33 heavy (non-hydrogen) atoms. The third-order valence-electron chi connectivity index (χ3n) is 12.7. The number of fused-ring (bicyclic) bond motifs is 7. The number of methoxy groups -OCH3 is 1. The highest BCUT2D eigenvalue weighted by Crippen LogP contribution is 2.71. The molecule has 2 heterocycles. The number of hydrogen-bond donors (Lipinski definition) is 2. The van der Waals surface area contributed by atoms with E-state index in [0.717, 1.165) is 43.1 Å². The number of aliphatic hydroxyl groups is 1. The van der Waals surface area contributed by atoms with Gasteiger partial charge in [-0.25, -0.2) is 0 Å². The zero-order valence-corrected chi connectivity index (χ0v) is 21.9. The highest BCUT2D eigenvalue weighted by atomic mass is 16.5. The molecule has 0 radical (unpaired) electrons. The topological polar surface area (TPSA) is 50.7 Å². The lowest BCUT2D eigenvalue weighted by atomic mass is 9.43. The molecule has 6 rings (SSSR count). The molecule has 4 saturated carbocycles. The van der Waals surface area contributed by atoms with Gasteiger partial charge in [-0.1, -0.05) is 27.7 Å². The second-order valence-electron chi connectivity index (χ2n) is 14.2. The summed E-state index contributed by atoms with van der Waals surface area (Å²) in [6.45, 7) is 11.8. The van der Waals surface area contributed by atoms with E-state index in [1.807, 2.05) is 0 Å². The van der Waals surface area contributed by atoms with Crippen LogP contribution in [0.3, 0.4) is 0 Å². The smallest absolute Gasteiger partial charge is 0.122 e. The van der Waals surface area contributed by atoms with Crippen LogP contribution in [0.15, 0.2) is 0 Å². The lowest BCUT2D eigenvalue weighted by Gasteiger charge is -2.62. The Morgan fingerprint density at radius 3 is 2.52 bits per heavy atom. The second-order valence-corrected chi connectivity index (χ2v) is 14.2. The summed E-state index contributed by atoms with van der Waals surface area (Å²) >= 11 is 0. The fraction of sp³-hybridized carbons (Fsp3) is 1.00. The van der Waals surface area contributed by atoms with Crippen molar-refractivity contribution in [1.82, 2.24) is 5.32 Å². The van der Waals surface area contributed by atoms with Gasteiger partial charge in [0.15, 0.2) is 0 Å². The van der Waals surface area contributed by atoms with Crippen LogP contribution in [0, 0.1) is 52.3 Å². The Morgan fingerprint density at radius 2 is 1.79 bits per heavy atom. The van der Waals surface area contributed by atoms with E-state index in [1.54, 1.807) is 7.11 Å². The third kappa shape index (κ3) is 3.22. The van der Waals surface area contributed by atoms with Gasteiger partial charge in [0.05, 0.1) is 18.3 Å². The van der Waals surface area contributed by atoms with Crippen LogP contribution in [-0.4, -0.2) is 42.8 Å². The molecule has 6 aliphatic rings. The van der Waals surface area contributed by atoms with E-state index in [9.17, 15) is 5.11 Å². The fourth-order valence-corrected chi connectivity index (χ4v) is 10.9. The Hall–Kier alpha value is -0.160. The van der Waals surface area contributed by atoms with Crippen LogP contribution >= 0.6 is 0 Å². The van der Waals surface area contributed by atoms with Crippen molar-refractivity contribution in [3.63, 3.8) is 0 Å². The average Bonchev–Trinajstić information content (AvgIpc) is 3.22. The van der Waals surface area contributed by atoms with Crippen molar-refractivity contribution in [2.24, 2.45) is 52.3 Å². The molecule has 188 valence electrons. The van der Waals surface area contributed by atoms with Crippen LogP contribution in [0.1, 0.15) is 91.9 Å². The van der Waals surface area contributed by atoms with Crippen molar-refractivity contribution < 1.29 is 14.6 Å². The molecule has 4 aliphatic carbocycles. The van der Waals surface area contributed by atoms with Crippen LogP contribution in [0.2, 0.25) is 0 Å². The molecule has 0 aromatic heterocycles. The lowest BCUT2D eigenvalue weighted by Crippen LogP contribution is -2.58. The van der Waals surface area contributed by atoms with Crippen LogP contribution < -0.4 is 5.32 Å². The first-order valence-corrected chi connectivity index (χ1v) is 14.3. The van der Waals surface area contributed by atoms with Crippen molar-refractivity contribution in [2.75, 3.05) is 20.3 Å². The molecule has 0 unspecified atom stereocenters. The van der Waals surface area contributed by atoms with Crippen LogP contribution in [0.5, 0.6) is 0 Å². The van der Waals surface area contributed by atoms with Crippen LogP contribution in [0.4, 0.5) is 0 Å². The Morgan fingerprint density at radius 1 is 0.970 bits per heavy atom. The second kappa shape index (κ2) is 7.67. The zero-order chi connectivity index (χ0) is 23.2. The van der Waals surface area contributed by atoms with Gasteiger partial charge in [-0.2, -0.15) is 0 Å². The summed E-state index contributed by atoms with van der Waals surface area (Å²) in [7, 11) is 1.73. The maximum Gasteiger partial charge on any atom is 0.122 e. The van der Waals surface area contributed by atoms with E-state index in [4.69, 9.17) is 9.47 Å². The molecule has 12 atom stereocenters. The average molecular weight is 460 g/mol. The van der Waals surface area contributed by atoms with Crippen molar-refractivity contribution in [1.29, 1.82) is 0 Å². The van der Waals surface area contributed by atoms with Gasteiger partial charge >= 0.3 is 0 Å². The van der Waals surface area contributed by atoms with Gasteiger partial charge in [-0.3, -0.25) is 5.32 Å². The highest BCUT2D eigenvalue weighted by Gasteiger charge is 2.68. The van der Waals surface area contributed by atoms with E-state index >= 15 is 0 Å². The van der Waals surface area contributed by atoms with E-state index < -0.39 is 5.60 Å². The molecule has 2 saturated heterocycles. The summed E-state index contributed by atoms with van der Waals surface area (Å²) in [5, 5.41) is 15.0. The van der Waals surface area contributed by atoms with Gasteiger partial charge in [0, 0.05) is 19.6 Å². The Labute approximate surface area is 201 Å². The Bertz CT molecular complexity index is 764. The molecule has 0 bridgehead atoms. The predicted molar refractivity (Wildman–Crippen MR) is 131 cm³/mol. The quantitative estimate of drug-likeness (QED) is 0.582. The molecule has 2 aliphatic heterocycles. The van der Waals surface area contributed by atoms with Gasteiger partial charge in [0.1, 0.15) is 5.72 Å². The van der Waals surface area contributed by atoms with Gasteiger partial charge in [-0.05, 0) is 111 Å². The van der Waals surface area contributed by atoms with Gasteiger partial charge in [0.25, 0.3) is 0 Å². The van der Waals surface area contributed by atoms with Crippen molar-refractivity contribution in [3.05, 3.63) is 0 Å². The maximum atomic E-state index is 11.1. The Kier molecular flexibility index (Phi) is 5.40. The standard InChI is InChI=1S/C29H49NO3/c1-18-8-11-29(30-16-18)19(2)25-24(33-29)14-23-21-7-6-20-15-28(31,17-32-5)13-12-26(20,3)22(21)9-10-27(23,25)4/h18-25,30-31H,6-17H2,1-5H3/t18-,19-,20-,21+,22-,23-,24-,25-,26-,27-,28-,29-/m0/s1. The van der Waals surface area contributed by atoms with Crippen LogP contribution in [-0.2, 0) is 9.47 Å². The van der Waals surface area contributed by atoms with Gasteiger partial charge in [-0.15, -0.1) is 0 Å². The van der Waals surface area contributed by atoms with E-state index in [0.29, 0.717) is 41.3 Å². The molecule has 0 amide bonds. The summed E-state index contributed by atoms with van der Waals surface area (Å²) in [4.78, 5) is 0. The predicted octanol–water partition coefficient (Wildman–Crippen LogP) is 5.38. The summed E-state index contributed by atoms with van der Waals surface area (Å²) < 4.78 is 12.4. The monoisotopic (exact) mass is 459 g/mol. The van der Waals surface area contributed by atoms with E-state index in [1.165, 1.54) is 51.4 Å². The molecule has 0 aromatic rings. The molecule has 2 N–H and O–H groups in total. The first-order chi connectivity index (χ1) is 15.6. The van der Waals surface area contributed by atoms with Gasteiger partial charge in [0.2, 0.25) is 0 Å². The summed E-state index contributed by atoms with van der Waals surface area (Å²) in [5.41, 5.74) is 0.192. The summed E-state index contributed by atoms with van der Waals surface area (Å²) in [5.74, 6) is 5.28. The fourth-order valence-electron chi connectivity index (χ4n) is 10.9. The van der Waals surface area contributed by atoms with Crippen molar-refractivity contribution in [2.45, 2.75) is 109 Å². The summed E-state index contributed by atoms with van der Waals surface area (Å²) in [6, 6.07) is 0. The van der Waals surface area contributed by atoms with Crippen LogP contribution in [0.25, 0.3) is 0 Å². The molecule has 4 heteroatoms. The number of hydrogen-bond acceptors (Lipinski definition) is 4. The van der Waals surface area contributed by atoms with Crippen molar-refractivity contribution >= 4 is 0 Å². The number of ether oxygens (including phenoxy) is 2. The number of piperidine rings is 1. The molecular formula is C29H49NO3. The normalized spacial score (nSPS) is 60.2. The van der Waals surface area contributed by atoms with Crippen molar-refractivity contribution in [3.8, 4) is 0 Å². The highest BCUT2D eigenvalue weighted by molar-refractivity contribution is 5.16. The molecular weight excluding hydrogens is 410 g/mol. The Balaban J connectivity index is 1.22. The number of nitrogens with one attached hydrogen (secondary N) is 1. The summed E-state index contributed by atoms with van der Waals surface area (Å²) in [6.07, 6.45) is 12.7. The molecule has 1 spiro atoms. The molecule has 0 aromatic carbocycles. The first-order valence-electron chi connectivity index (χ1n) is 14.3. The first kappa shape index (κ1) is 23.3. The minimum absolute atomic E-state index is 0.0501. The van der Waals surface area contributed by atoms with E-state index in [-0.39, 0.29) is 5.72 Å². The van der Waals surface area contributed by atoms with Gasteiger partial charge < -0.3 is 14.6 Å². The number of rotatable bonds is 2. The lowest BCUT2D eigenvalue weighted by molar-refractivity contribution is -0.167. The third-order valence-corrected chi connectivity index (χ3v) is 12.7. The minimum atomic E-state index is -0.596. The maximum absolute atomic E-state index is 11.1. The largest absolute Gasteiger partial charge is 0.387 e. The zero-order valence-electron chi connectivity index (χ0n) is 21.9. The molecule has 4 nitrogen and oxygen atoms in total. The SMILES string of the molecule is COC[C@]1(O)CC[C@@]2(C)[C@@H](CC[C@@H]3[C@@H]2CC[C@]2(C)[C@@H]4[C@H](C[C@@H]32)O[C@@]2(CC[C@H](C)CN2)[C@H]4C)C1.